The van der Waals surface area contributed by atoms with Crippen LogP contribution in [0.25, 0.3) is 10.8 Å². The lowest BCUT2D eigenvalue weighted by atomic mass is 9.83. The molecule has 1 heterocycles. The molecule has 10 nitrogen and oxygen atoms in total. The molecule has 3 fully saturated rings. The lowest BCUT2D eigenvalue weighted by molar-refractivity contribution is -0.146. The molecule has 0 bridgehead atoms. The molecule has 236 valence electrons. The Morgan fingerprint density at radius 2 is 1.77 bits per heavy atom. The molecule has 44 heavy (non-hydrogen) atoms. The zero-order valence-corrected chi connectivity index (χ0v) is 25.7. The highest BCUT2D eigenvalue weighted by Gasteiger charge is 2.61. The highest BCUT2D eigenvalue weighted by molar-refractivity contribution is 5.96. The van der Waals surface area contributed by atoms with Crippen molar-refractivity contribution in [1.82, 2.24) is 15.5 Å². The van der Waals surface area contributed by atoms with E-state index in [1.165, 1.54) is 11.0 Å². The van der Waals surface area contributed by atoms with Crippen molar-refractivity contribution >= 4 is 34.6 Å². The van der Waals surface area contributed by atoms with Gasteiger partial charge in [-0.3, -0.25) is 9.59 Å². The maximum atomic E-state index is 14.4. The molecule has 10 heteroatoms. The first-order chi connectivity index (χ1) is 20.9. The van der Waals surface area contributed by atoms with Crippen LogP contribution in [0.3, 0.4) is 0 Å². The van der Waals surface area contributed by atoms with Crippen molar-refractivity contribution in [2.45, 2.75) is 95.0 Å². The molecule has 3 amide bonds. The minimum absolute atomic E-state index is 0.105. The number of carboxylic acids is 1. The fourth-order valence-electron chi connectivity index (χ4n) is 6.59. The molecule has 1 aliphatic heterocycles. The van der Waals surface area contributed by atoms with Gasteiger partial charge in [-0.05, 0) is 68.9 Å². The second kappa shape index (κ2) is 12.5. The predicted octanol–water partition coefficient (Wildman–Crippen LogP) is 4.81. The fourth-order valence-corrected chi connectivity index (χ4v) is 6.59. The number of nitrogens with zero attached hydrogens (tertiary/aromatic N) is 1. The normalized spacial score (nSPS) is 26.0. The molecule has 1 saturated heterocycles. The highest BCUT2D eigenvalue weighted by atomic mass is 16.6. The average molecular weight is 606 g/mol. The summed E-state index contributed by atoms with van der Waals surface area (Å²) in [5, 5.41) is 17.5. The summed E-state index contributed by atoms with van der Waals surface area (Å²) in [6, 6.07) is 11.7. The Labute approximate surface area is 258 Å². The molecule has 5 atom stereocenters. The first-order valence-corrected chi connectivity index (χ1v) is 15.5. The number of benzene rings is 2. The van der Waals surface area contributed by atoms with E-state index in [2.05, 4.69) is 17.2 Å². The van der Waals surface area contributed by atoms with Crippen LogP contribution in [0.2, 0.25) is 0 Å². The Bertz CT molecular complexity index is 1430. The van der Waals surface area contributed by atoms with Gasteiger partial charge in [0.25, 0.3) is 0 Å². The van der Waals surface area contributed by atoms with Gasteiger partial charge in [0.1, 0.15) is 35.1 Å². The third kappa shape index (κ3) is 6.84. The van der Waals surface area contributed by atoms with E-state index in [0.717, 1.165) is 42.9 Å². The van der Waals surface area contributed by atoms with Gasteiger partial charge in [-0.15, -0.1) is 6.58 Å². The molecule has 3 N–H and O–H groups in total. The van der Waals surface area contributed by atoms with E-state index in [4.69, 9.17) is 9.47 Å². The zero-order valence-electron chi connectivity index (χ0n) is 25.7. The number of hydrogen-bond acceptors (Lipinski definition) is 6. The predicted molar refractivity (Wildman–Crippen MR) is 165 cm³/mol. The SMILES string of the molecule is C=CC1CC1(NC(=O)C1CC(Oc2ccc3ccccc3c2)CN1C(=O)C(NC(=O)OC(C)(C)C)C1CCCCC1)C(=O)O. The van der Waals surface area contributed by atoms with Crippen LogP contribution in [-0.2, 0) is 19.1 Å². The number of ether oxygens (including phenoxy) is 2. The van der Waals surface area contributed by atoms with Gasteiger partial charge in [-0.1, -0.05) is 55.7 Å². The number of rotatable bonds is 9. The van der Waals surface area contributed by atoms with Crippen molar-refractivity contribution in [3.63, 3.8) is 0 Å². The number of nitrogens with one attached hydrogen (secondary N) is 2. The molecule has 2 aromatic rings. The summed E-state index contributed by atoms with van der Waals surface area (Å²) in [6.07, 6.45) is 5.17. The Morgan fingerprint density at radius 1 is 1.07 bits per heavy atom. The van der Waals surface area contributed by atoms with Crippen LogP contribution in [0.4, 0.5) is 4.79 Å². The smallest absolute Gasteiger partial charge is 0.408 e. The molecule has 2 aliphatic carbocycles. The fraction of sp³-hybridized carbons (Fsp3) is 0.529. The van der Waals surface area contributed by atoms with Crippen LogP contribution in [0.15, 0.2) is 55.1 Å². The van der Waals surface area contributed by atoms with E-state index >= 15 is 0 Å². The number of carbonyl (C=O) groups is 4. The molecule has 2 saturated carbocycles. The number of carboxylic acid groups (broad SMARTS) is 1. The molecular formula is C34H43N3O7. The van der Waals surface area contributed by atoms with Crippen molar-refractivity contribution in [2.24, 2.45) is 11.8 Å². The standard InChI is InChI=1S/C34H43N3O7/c1-5-24-19-34(24,31(40)41)36-29(38)27-18-26(43-25-16-15-21-11-9-10-14-23(21)17-25)20-37(27)30(39)28(22-12-7-6-8-13-22)35-32(42)44-33(2,3)4/h5,9-11,14-17,22,24,26-28H,1,6-8,12-13,18-20H2,2-4H3,(H,35,42)(H,36,38)(H,40,41). The van der Waals surface area contributed by atoms with Crippen molar-refractivity contribution < 1.29 is 33.8 Å². The van der Waals surface area contributed by atoms with Gasteiger partial charge in [-0.2, -0.15) is 0 Å². The van der Waals surface area contributed by atoms with Gasteiger partial charge >= 0.3 is 12.1 Å². The summed E-state index contributed by atoms with van der Waals surface area (Å²) in [6.45, 7) is 9.08. The third-order valence-corrected chi connectivity index (χ3v) is 8.96. The molecule has 5 unspecified atom stereocenters. The number of hydrogen-bond donors (Lipinski definition) is 3. The van der Waals surface area contributed by atoms with E-state index in [-0.39, 0.29) is 25.3 Å². The van der Waals surface area contributed by atoms with Crippen LogP contribution >= 0.6 is 0 Å². The molecular weight excluding hydrogens is 562 g/mol. The van der Waals surface area contributed by atoms with Gasteiger partial charge in [0.2, 0.25) is 11.8 Å². The summed E-state index contributed by atoms with van der Waals surface area (Å²) in [4.78, 5) is 54.7. The van der Waals surface area contributed by atoms with Gasteiger partial charge < -0.3 is 30.1 Å². The summed E-state index contributed by atoms with van der Waals surface area (Å²) < 4.78 is 11.8. The number of fused-ring (bicyclic) bond motifs is 1. The number of alkyl carbamates (subject to hydrolysis) is 1. The lowest BCUT2D eigenvalue weighted by Crippen LogP contribution is -2.58. The topological polar surface area (TPSA) is 134 Å². The Morgan fingerprint density at radius 3 is 2.41 bits per heavy atom. The van der Waals surface area contributed by atoms with Crippen LogP contribution in [-0.4, -0.2) is 69.8 Å². The van der Waals surface area contributed by atoms with Gasteiger partial charge in [0.15, 0.2) is 0 Å². The second-order valence-corrected chi connectivity index (χ2v) is 13.3. The van der Waals surface area contributed by atoms with Crippen molar-refractivity contribution in [2.75, 3.05) is 6.54 Å². The van der Waals surface area contributed by atoms with E-state index in [1.807, 2.05) is 42.5 Å². The first-order valence-electron chi connectivity index (χ1n) is 15.5. The maximum Gasteiger partial charge on any atom is 0.408 e. The molecule has 3 aliphatic rings. The Kier molecular flexibility index (Phi) is 8.90. The van der Waals surface area contributed by atoms with E-state index in [1.54, 1.807) is 20.8 Å². The minimum Gasteiger partial charge on any atom is -0.488 e. The maximum absolute atomic E-state index is 14.4. The average Bonchev–Trinajstić information content (AvgIpc) is 3.55. The lowest BCUT2D eigenvalue weighted by Gasteiger charge is -2.35. The number of amides is 3. The monoisotopic (exact) mass is 605 g/mol. The molecule has 0 radical (unpaired) electrons. The van der Waals surface area contributed by atoms with E-state index < -0.39 is 59.1 Å². The summed E-state index contributed by atoms with van der Waals surface area (Å²) >= 11 is 0. The van der Waals surface area contributed by atoms with Crippen molar-refractivity contribution in [1.29, 1.82) is 0 Å². The minimum atomic E-state index is -1.44. The second-order valence-electron chi connectivity index (χ2n) is 13.3. The van der Waals surface area contributed by atoms with Gasteiger partial charge in [0, 0.05) is 12.3 Å². The zero-order chi connectivity index (χ0) is 31.6. The van der Waals surface area contributed by atoms with Crippen molar-refractivity contribution in [3.8, 4) is 5.75 Å². The Balaban J connectivity index is 1.41. The van der Waals surface area contributed by atoms with Crippen molar-refractivity contribution in [3.05, 3.63) is 55.1 Å². The van der Waals surface area contributed by atoms with Crippen LogP contribution in [0, 0.1) is 11.8 Å². The first kappa shape index (κ1) is 31.3. The van der Waals surface area contributed by atoms with Crippen LogP contribution < -0.4 is 15.4 Å². The van der Waals surface area contributed by atoms with Gasteiger partial charge in [-0.25, -0.2) is 9.59 Å². The van der Waals surface area contributed by atoms with Crippen LogP contribution in [0.1, 0.15) is 65.7 Å². The Hall–Kier alpha value is -4.08. The number of likely N-dealkylation sites (tertiary alicyclic amines) is 1. The summed E-state index contributed by atoms with van der Waals surface area (Å²) in [7, 11) is 0. The number of carbonyl (C=O) groups excluding carboxylic acids is 3. The van der Waals surface area contributed by atoms with Gasteiger partial charge in [0.05, 0.1) is 6.54 Å². The highest BCUT2D eigenvalue weighted by Crippen LogP contribution is 2.45. The third-order valence-electron chi connectivity index (χ3n) is 8.96. The quantitative estimate of drug-likeness (QED) is 0.350. The largest absolute Gasteiger partial charge is 0.488 e. The molecule has 0 spiro atoms. The molecule has 0 aromatic heterocycles. The number of aliphatic carboxylic acids is 1. The summed E-state index contributed by atoms with van der Waals surface area (Å²) in [5.41, 5.74) is -2.20. The summed E-state index contributed by atoms with van der Waals surface area (Å²) in [5.74, 6) is -2.01. The van der Waals surface area contributed by atoms with Crippen LogP contribution in [0.5, 0.6) is 5.75 Å². The van der Waals surface area contributed by atoms with E-state index in [9.17, 15) is 24.3 Å². The van der Waals surface area contributed by atoms with E-state index in [0.29, 0.717) is 5.75 Å². The molecule has 2 aromatic carbocycles. The molecule has 5 rings (SSSR count).